The van der Waals surface area contributed by atoms with E-state index in [1.54, 1.807) is 0 Å². The second-order valence-electron chi connectivity index (χ2n) is 4.96. The molecule has 1 atom stereocenters. The molecule has 1 saturated heterocycles. The average molecular weight is 261 g/mol. The van der Waals surface area contributed by atoms with Crippen LogP contribution in [0, 0.1) is 0 Å². The van der Waals surface area contributed by atoms with Crippen LogP contribution in [-0.4, -0.2) is 32.1 Å². The van der Waals surface area contributed by atoms with Gasteiger partial charge in [-0.15, -0.1) is 0 Å². The Kier molecular flexibility index (Phi) is 4.80. The van der Waals surface area contributed by atoms with Crippen molar-refractivity contribution in [2.75, 3.05) is 31.1 Å². The number of hydrogen-bond donors (Lipinski definition) is 2. The number of para-hydroxylation sites is 1. The maximum Gasteiger partial charge on any atom is 0.239 e. The van der Waals surface area contributed by atoms with E-state index in [-0.39, 0.29) is 5.91 Å². The standard InChI is InChI=1S/C15H23N3O/c1-3-16-12(2)13-7-4-5-8-14(13)18-10-6-9-17-15(19)11-18/h4-5,7-8,12,16H,3,6,9-11H2,1-2H3,(H,17,19). The monoisotopic (exact) mass is 261 g/mol. The van der Waals surface area contributed by atoms with Crippen molar-refractivity contribution < 1.29 is 4.79 Å². The zero-order valence-electron chi connectivity index (χ0n) is 11.8. The topological polar surface area (TPSA) is 44.4 Å². The summed E-state index contributed by atoms with van der Waals surface area (Å²) in [6.07, 6.45) is 0.996. The van der Waals surface area contributed by atoms with E-state index in [0.717, 1.165) is 26.1 Å². The van der Waals surface area contributed by atoms with Crippen molar-refractivity contribution in [2.24, 2.45) is 0 Å². The summed E-state index contributed by atoms with van der Waals surface area (Å²) in [5, 5.41) is 6.36. The normalized spacial score (nSPS) is 17.8. The third-order valence-electron chi connectivity index (χ3n) is 3.52. The number of nitrogens with zero attached hydrogens (tertiary/aromatic N) is 1. The van der Waals surface area contributed by atoms with Crippen molar-refractivity contribution in [3.05, 3.63) is 29.8 Å². The van der Waals surface area contributed by atoms with Gasteiger partial charge in [-0.25, -0.2) is 0 Å². The summed E-state index contributed by atoms with van der Waals surface area (Å²) in [6.45, 7) is 7.37. The van der Waals surface area contributed by atoms with E-state index in [1.165, 1.54) is 11.3 Å². The minimum Gasteiger partial charge on any atom is -0.362 e. The molecule has 0 saturated carbocycles. The van der Waals surface area contributed by atoms with Crippen LogP contribution >= 0.6 is 0 Å². The van der Waals surface area contributed by atoms with Crippen LogP contribution in [0.1, 0.15) is 31.9 Å². The van der Waals surface area contributed by atoms with Gasteiger partial charge >= 0.3 is 0 Å². The van der Waals surface area contributed by atoms with Crippen molar-refractivity contribution in [3.63, 3.8) is 0 Å². The molecule has 0 radical (unpaired) electrons. The van der Waals surface area contributed by atoms with Gasteiger partial charge in [-0.3, -0.25) is 4.79 Å². The molecule has 1 fully saturated rings. The summed E-state index contributed by atoms with van der Waals surface area (Å²) in [5.41, 5.74) is 2.44. The number of hydrogen-bond acceptors (Lipinski definition) is 3. The molecule has 4 nitrogen and oxygen atoms in total. The van der Waals surface area contributed by atoms with Crippen LogP contribution < -0.4 is 15.5 Å². The Bertz CT molecular complexity index is 433. The number of carbonyl (C=O) groups is 1. The lowest BCUT2D eigenvalue weighted by Crippen LogP contribution is -2.34. The van der Waals surface area contributed by atoms with Crippen LogP contribution in [0.25, 0.3) is 0 Å². The van der Waals surface area contributed by atoms with E-state index in [1.807, 2.05) is 6.07 Å². The van der Waals surface area contributed by atoms with Crippen LogP contribution in [0.15, 0.2) is 24.3 Å². The van der Waals surface area contributed by atoms with E-state index in [2.05, 4.69) is 47.6 Å². The number of amides is 1. The Labute approximate surface area is 115 Å². The molecule has 4 heteroatoms. The Balaban J connectivity index is 2.25. The fourth-order valence-corrected chi connectivity index (χ4v) is 2.57. The maximum absolute atomic E-state index is 11.7. The fourth-order valence-electron chi connectivity index (χ4n) is 2.57. The van der Waals surface area contributed by atoms with Gasteiger partial charge < -0.3 is 15.5 Å². The van der Waals surface area contributed by atoms with Crippen molar-refractivity contribution in [1.82, 2.24) is 10.6 Å². The second-order valence-corrected chi connectivity index (χ2v) is 4.96. The van der Waals surface area contributed by atoms with Crippen LogP contribution in [-0.2, 0) is 4.79 Å². The first-order chi connectivity index (χ1) is 9.22. The number of nitrogens with one attached hydrogen (secondary N) is 2. The minimum absolute atomic E-state index is 0.114. The highest BCUT2D eigenvalue weighted by molar-refractivity contribution is 5.82. The number of carbonyl (C=O) groups excluding carboxylic acids is 1. The Hall–Kier alpha value is -1.55. The highest BCUT2D eigenvalue weighted by Crippen LogP contribution is 2.26. The highest BCUT2D eigenvalue weighted by atomic mass is 16.2. The molecule has 1 aliphatic rings. The van der Waals surface area contributed by atoms with Gasteiger partial charge in [-0.05, 0) is 31.5 Å². The van der Waals surface area contributed by atoms with Gasteiger partial charge in [0, 0.05) is 24.8 Å². The van der Waals surface area contributed by atoms with E-state index in [4.69, 9.17) is 0 Å². The Morgan fingerprint density at radius 1 is 1.42 bits per heavy atom. The third-order valence-corrected chi connectivity index (χ3v) is 3.52. The number of benzene rings is 1. The largest absolute Gasteiger partial charge is 0.362 e. The zero-order valence-corrected chi connectivity index (χ0v) is 11.8. The SMILES string of the molecule is CCNC(C)c1ccccc1N1CCCNC(=O)C1. The molecule has 104 valence electrons. The molecule has 1 heterocycles. The second kappa shape index (κ2) is 6.57. The predicted octanol–water partition coefficient (Wildman–Crippen LogP) is 1.68. The summed E-state index contributed by atoms with van der Waals surface area (Å²) < 4.78 is 0. The summed E-state index contributed by atoms with van der Waals surface area (Å²) in [6, 6.07) is 8.66. The summed E-state index contributed by atoms with van der Waals surface area (Å²) in [4.78, 5) is 13.9. The number of anilines is 1. The molecule has 19 heavy (non-hydrogen) atoms. The van der Waals surface area contributed by atoms with Crippen LogP contribution in [0.5, 0.6) is 0 Å². The lowest BCUT2D eigenvalue weighted by atomic mass is 10.0. The van der Waals surface area contributed by atoms with Crippen molar-refractivity contribution >= 4 is 11.6 Å². The molecule has 1 aliphatic heterocycles. The highest BCUT2D eigenvalue weighted by Gasteiger charge is 2.19. The first-order valence-electron chi connectivity index (χ1n) is 7.06. The van der Waals surface area contributed by atoms with Crippen LogP contribution in [0.3, 0.4) is 0 Å². The lowest BCUT2D eigenvalue weighted by molar-refractivity contribution is -0.119. The smallest absolute Gasteiger partial charge is 0.239 e. The summed E-state index contributed by atoms with van der Waals surface area (Å²) in [7, 11) is 0. The van der Waals surface area contributed by atoms with Gasteiger partial charge in [0.25, 0.3) is 0 Å². The molecular weight excluding hydrogens is 238 g/mol. The molecular formula is C15H23N3O. The van der Waals surface area contributed by atoms with Gasteiger partial charge in [-0.1, -0.05) is 25.1 Å². The molecule has 2 rings (SSSR count). The number of rotatable bonds is 4. The summed E-state index contributed by atoms with van der Waals surface area (Å²) in [5.74, 6) is 0.114. The molecule has 0 aromatic heterocycles. The average Bonchev–Trinajstić information content (AvgIpc) is 2.64. The van der Waals surface area contributed by atoms with Crippen molar-refractivity contribution in [3.8, 4) is 0 Å². The Morgan fingerprint density at radius 2 is 2.21 bits per heavy atom. The van der Waals surface area contributed by atoms with E-state index < -0.39 is 0 Å². The molecule has 1 aromatic rings. The van der Waals surface area contributed by atoms with E-state index >= 15 is 0 Å². The maximum atomic E-state index is 11.7. The quantitative estimate of drug-likeness (QED) is 0.867. The molecule has 0 spiro atoms. The molecule has 2 N–H and O–H groups in total. The lowest BCUT2D eigenvalue weighted by Gasteiger charge is -2.27. The fraction of sp³-hybridized carbons (Fsp3) is 0.533. The van der Waals surface area contributed by atoms with Gasteiger partial charge in [0.15, 0.2) is 0 Å². The van der Waals surface area contributed by atoms with E-state index in [9.17, 15) is 4.79 Å². The molecule has 0 bridgehead atoms. The first kappa shape index (κ1) is 13.9. The molecule has 1 unspecified atom stereocenters. The minimum atomic E-state index is 0.114. The predicted molar refractivity (Wildman–Crippen MR) is 78.4 cm³/mol. The van der Waals surface area contributed by atoms with Gasteiger partial charge in [0.05, 0.1) is 6.54 Å². The Morgan fingerprint density at radius 3 is 3.00 bits per heavy atom. The van der Waals surface area contributed by atoms with Gasteiger partial charge in [0.2, 0.25) is 5.91 Å². The van der Waals surface area contributed by atoms with Crippen molar-refractivity contribution in [1.29, 1.82) is 0 Å². The van der Waals surface area contributed by atoms with Gasteiger partial charge in [-0.2, -0.15) is 0 Å². The molecule has 0 aliphatic carbocycles. The summed E-state index contributed by atoms with van der Waals surface area (Å²) >= 11 is 0. The van der Waals surface area contributed by atoms with Crippen LogP contribution in [0.4, 0.5) is 5.69 Å². The third kappa shape index (κ3) is 3.47. The zero-order chi connectivity index (χ0) is 13.7. The first-order valence-corrected chi connectivity index (χ1v) is 7.06. The van der Waals surface area contributed by atoms with Crippen LogP contribution in [0.2, 0.25) is 0 Å². The van der Waals surface area contributed by atoms with E-state index in [0.29, 0.717) is 12.6 Å². The molecule has 1 aromatic carbocycles. The van der Waals surface area contributed by atoms with Crippen molar-refractivity contribution in [2.45, 2.75) is 26.3 Å². The molecule has 1 amide bonds. The van der Waals surface area contributed by atoms with Gasteiger partial charge in [0.1, 0.15) is 0 Å².